The molecule has 0 saturated heterocycles. The van der Waals surface area contributed by atoms with Gasteiger partial charge in [0.05, 0.1) is 0 Å². The lowest BCUT2D eigenvalue weighted by molar-refractivity contribution is -0.116. The van der Waals surface area contributed by atoms with Gasteiger partial charge in [0, 0.05) is 6.42 Å². The van der Waals surface area contributed by atoms with Gasteiger partial charge >= 0.3 is 0 Å². The number of aromatic nitrogens is 2. The Morgan fingerprint density at radius 1 is 1.26 bits per heavy atom. The summed E-state index contributed by atoms with van der Waals surface area (Å²) in [5.74, 6) is -0.148. The van der Waals surface area contributed by atoms with Crippen LogP contribution in [0.1, 0.15) is 38.5 Å². The minimum Gasteiger partial charge on any atom is -0.330 e. The summed E-state index contributed by atoms with van der Waals surface area (Å²) in [7, 11) is 0. The number of hydrogen-bond donors (Lipinski definition) is 3. The van der Waals surface area contributed by atoms with E-state index in [9.17, 15) is 9.00 Å². The van der Waals surface area contributed by atoms with Gasteiger partial charge in [0.15, 0.2) is 0 Å². The molecule has 19 heavy (non-hydrogen) atoms. The molecule has 0 aromatic carbocycles. The summed E-state index contributed by atoms with van der Waals surface area (Å²) in [5.41, 5.74) is 5.39. The number of nitrogens with one attached hydrogen (secondary N) is 1. The molecule has 0 spiro atoms. The van der Waals surface area contributed by atoms with Crippen molar-refractivity contribution in [3.8, 4) is 0 Å². The van der Waals surface area contributed by atoms with Gasteiger partial charge in [-0.15, -0.1) is 10.2 Å². The van der Waals surface area contributed by atoms with E-state index in [0.29, 0.717) is 13.0 Å². The molecule has 1 aromatic heterocycles. The van der Waals surface area contributed by atoms with Crippen molar-refractivity contribution in [3.05, 3.63) is 0 Å². The van der Waals surface area contributed by atoms with Crippen LogP contribution in [0.4, 0.5) is 5.13 Å². The largest absolute Gasteiger partial charge is 0.330 e. The molecule has 4 N–H and O–H groups in total. The van der Waals surface area contributed by atoms with E-state index in [-0.39, 0.29) is 15.4 Å². The Morgan fingerprint density at radius 3 is 2.58 bits per heavy atom. The van der Waals surface area contributed by atoms with Crippen molar-refractivity contribution in [2.24, 2.45) is 5.73 Å². The lowest BCUT2D eigenvalue weighted by atomic mass is 10.1. The van der Waals surface area contributed by atoms with Gasteiger partial charge in [-0.05, 0) is 19.4 Å². The second-order valence-corrected chi connectivity index (χ2v) is 6.10. The van der Waals surface area contributed by atoms with E-state index in [1.54, 1.807) is 0 Å². The van der Waals surface area contributed by atoms with Gasteiger partial charge in [-0.2, -0.15) is 0 Å². The van der Waals surface area contributed by atoms with Gasteiger partial charge in [-0.25, -0.2) is 4.21 Å². The molecule has 0 aliphatic rings. The minimum absolute atomic E-state index is 0.0166. The molecule has 1 atom stereocenters. The lowest BCUT2D eigenvalue weighted by Gasteiger charge is -2.01. The van der Waals surface area contributed by atoms with Crippen LogP contribution in [0.2, 0.25) is 0 Å². The summed E-state index contributed by atoms with van der Waals surface area (Å²) in [4.78, 5) is 11.5. The average Bonchev–Trinajstić information content (AvgIpc) is 2.82. The van der Waals surface area contributed by atoms with Crippen LogP contribution < -0.4 is 11.1 Å². The SMILES string of the molecule is NCCCCCCCC(=O)Nc1nnc(S(=O)O)s1. The molecule has 9 heteroatoms. The Labute approximate surface area is 118 Å². The van der Waals surface area contributed by atoms with Crippen LogP contribution in [0.25, 0.3) is 0 Å². The molecule has 1 unspecified atom stereocenters. The zero-order chi connectivity index (χ0) is 14.1. The monoisotopic (exact) mass is 306 g/mol. The third-order valence-corrected chi connectivity index (χ3v) is 4.10. The average molecular weight is 306 g/mol. The molecule has 0 bridgehead atoms. The predicted molar refractivity (Wildman–Crippen MR) is 74.3 cm³/mol. The molecule has 1 amide bonds. The van der Waals surface area contributed by atoms with Gasteiger partial charge in [-0.3, -0.25) is 4.79 Å². The highest BCUT2D eigenvalue weighted by molar-refractivity contribution is 7.81. The molecule has 108 valence electrons. The molecule has 0 aliphatic carbocycles. The number of nitrogens with two attached hydrogens (primary N) is 1. The highest BCUT2D eigenvalue weighted by atomic mass is 32.2. The number of anilines is 1. The van der Waals surface area contributed by atoms with E-state index >= 15 is 0 Å². The molecule has 1 heterocycles. The first kappa shape index (κ1) is 16.2. The second-order valence-electron chi connectivity index (χ2n) is 3.98. The number of rotatable bonds is 9. The normalized spacial score (nSPS) is 12.3. The quantitative estimate of drug-likeness (QED) is 0.360. The van der Waals surface area contributed by atoms with Crippen molar-refractivity contribution in [2.45, 2.75) is 42.9 Å². The number of carbonyl (C=O) groups excluding carboxylic acids is 1. The van der Waals surface area contributed by atoms with Gasteiger partial charge in [0.25, 0.3) is 0 Å². The predicted octanol–water partition coefficient (Wildman–Crippen LogP) is 1.36. The molecule has 0 aliphatic heterocycles. The minimum atomic E-state index is -2.15. The Hall–Kier alpha value is -0.900. The highest BCUT2D eigenvalue weighted by Crippen LogP contribution is 2.17. The number of nitrogens with zero attached hydrogens (tertiary/aromatic N) is 2. The third kappa shape index (κ3) is 6.71. The molecule has 0 radical (unpaired) electrons. The number of carbonyl (C=O) groups is 1. The fourth-order valence-corrected chi connectivity index (χ4v) is 2.60. The van der Waals surface area contributed by atoms with Crippen LogP contribution in [0.3, 0.4) is 0 Å². The van der Waals surface area contributed by atoms with Crippen LogP contribution >= 0.6 is 11.3 Å². The first-order chi connectivity index (χ1) is 9.13. The van der Waals surface area contributed by atoms with Crippen LogP contribution in [0.5, 0.6) is 0 Å². The maximum Gasteiger partial charge on any atom is 0.233 e. The lowest BCUT2D eigenvalue weighted by Crippen LogP contribution is -2.10. The summed E-state index contributed by atoms with van der Waals surface area (Å²) >= 11 is -1.25. The van der Waals surface area contributed by atoms with Crippen molar-refractivity contribution in [2.75, 3.05) is 11.9 Å². The molecular weight excluding hydrogens is 288 g/mol. The van der Waals surface area contributed by atoms with Crippen LogP contribution in [0, 0.1) is 0 Å². The summed E-state index contributed by atoms with van der Waals surface area (Å²) in [5, 5.41) is 9.92. The molecule has 0 saturated carbocycles. The third-order valence-electron chi connectivity index (χ3n) is 2.41. The number of amides is 1. The zero-order valence-corrected chi connectivity index (χ0v) is 12.1. The van der Waals surface area contributed by atoms with Crippen molar-refractivity contribution >= 4 is 33.5 Å². The van der Waals surface area contributed by atoms with Crippen molar-refractivity contribution in [1.82, 2.24) is 10.2 Å². The van der Waals surface area contributed by atoms with Crippen LogP contribution in [-0.4, -0.2) is 31.4 Å². The zero-order valence-electron chi connectivity index (χ0n) is 10.5. The smallest absolute Gasteiger partial charge is 0.233 e. The highest BCUT2D eigenvalue weighted by Gasteiger charge is 2.11. The van der Waals surface area contributed by atoms with Gasteiger partial charge in [0.1, 0.15) is 0 Å². The molecular formula is C10H18N4O3S2. The van der Waals surface area contributed by atoms with E-state index in [1.807, 2.05) is 0 Å². The fraction of sp³-hybridized carbons (Fsp3) is 0.700. The summed E-state index contributed by atoms with van der Waals surface area (Å²) < 4.78 is 19.5. The van der Waals surface area contributed by atoms with Crippen molar-refractivity contribution in [3.63, 3.8) is 0 Å². The van der Waals surface area contributed by atoms with E-state index in [1.165, 1.54) is 0 Å². The van der Waals surface area contributed by atoms with Gasteiger partial charge in [0.2, 0.25) is 26.5 Å². The Balaban J connectivity index is 2.18. The first-order valence-corrected chi connectivity index (χ1v) is 8.00. The van der Waals surface area contributed by atoms with Crippen molar-refractivity contribution < 1.29 is 13.6 Å². The van der Waals surface area contributed by atoms with E-state index in [2.05, 4.69) is 15.5 Å². The molecule has 7 nitrogen and oxygen atoms in total. The molecule has 1 aromatic rings. The van der Waals surface area contributed by atoms with E-state index in [4.69, 9.17) is 10.3 Å². The fourth-order valence-electron chi connectivity index (χ4n) is 1.47. The summed E-state index contributed by atoms with van der Waals surface area (Å²) in [6.45, 7) is 0.714. The summed E-state index contributed by atoms with van der Waals surface area (Å²) in [6, 6.07) is 0. The van der Waals surface area contributed by atoms with E-state index < -0.39 is 11.1 Å². The standard InChI is InChI=1S/C10H18N4O3S2/c11-7-5-3-1-2-4-6-8(15)12-9-13-14-10(18-9)19(16)17/h1-7,11H2,(H,16,17)(H,12,13,15). The first-order valence-electron chi connectivity index (χ1n) is 6.07. The van der Waals surface area contributed by atoms with Crippen LogP contribution in [0.15, 0.2) is 4.34 Å². The molecule has 0 fully saturated rings. The maximum atomic E-state index is 11.5. The maximum absolute atomic E-state index is 11.5. The van der Waals surface area contributed by atoms with Gasteiger partial charge in [-0.1, -0.05) is 30.6 Å². The Kier molecular flexibility index (Phi) is 7.72. The summed E-state index contributed by atoms with van der Waals surface area (Å²) in [6.07, 6.45) is 5.43. The van der Waals surface area contributed by atoms with Gasteiger partial charge < -0.3 is 15.6 Å². The van der Waals surface area contributed by atoms with Crippen molar-refractivity contribution in [1.29, 1.82) is 0 Å². The van der Waals surface area contributed by atoms with E-state index in [0.717, 1.165) is 43.4 Å². The Morgan fingerprint density at radius 2 is 1.95 bits per heavy atom. The number of hydrogen-bond acceptors (Lipinski definition) is 6. The molecule has 1 rings (SSSR count). The topological polar surface area (TPSA) is 118 Å². The van der Waals surface area contributed by atoms with Crippen LogP contribution in [-0.2, 0) is 15.9 Å². The Bertz CT molecular complexity index is 425. The number of unbranched alkanes of at least 4 members (excludes halogenated alkanes) is 4. The second kappa shape index (κ2) is 9.08.